The molecule has 0 aliphatic rings. The van der Waals surface area contributed by atoms with Crippen molar-refractivity contribution in [2.24, 2.45) is 0 Å². The third-order valence-corrected chi connectivity index (χ3v) is 10.7. The van der Waals surface area contributed by atoms with Crippen molar-refractivity contribution in [2.45, 2.75) is 6.92 Å². The first-order chi connectivity index (χ1) is 12.1. The van der Waals surface area contributed by atoms with E-state index in [1.165, 1.54) is 0 Å². The van der Waals surface area contributed by atoms with E-state index in [1.807, 2.05) is 61.5 Å². The van der Waals surface area contributed by atoms with Crippen LogP contribution in [0.4, 0.5) is 4.79 Å². The van der Waals surface area contributed by atoms with E-state index in [0.29, 0.717) is 6.61 Å². The second kappa shape index (κ2) is 6.82. The van der Waals surface area contributed by atoms with Gasteiger partial charge in [0.05, 0.1) is 0 Å². The number of carbonyl (C=O) groups excluding carboxylic acids is 1. The average molecular weight is 350 g/mol. The Bertz CT molecular complexity index is 746. The summed E-state index contributed by atoms with van der Waals surface area (Å²) in [4.78, 5) is 13.6. The first-order valence-electron chi connectivity index (χ1n) is 8.48. The first-order valence-corrected chi connectivity index (χ1v) is 11.2. The summed E-state index contributed by atoms with van der Waals surface area (Å²) < 4.78 is 5.69. The SMILES string of the molecule is CCOC(=O)P(C)(c1ccccc1)(c1ccccc1)c1ccccc1. The molecule has 0 aromatic heterocycles. The quantitative estimate of drug-likeness (QED) is 0.641. The molecule has 3 rings (SSSR count). The topological polar surface area (TPSA) is 26.3 Å². The van der Waals surface area contributed by atoms with Gasteiger partial charge in [0.25, 0.3) is 0 Å². The Labute approximate surface area is 149 Å². The van der Waals surface area contributed by atoms with Crippen LogP contribution in [-0.4, -0.2) is 19.0 Å². The second-order valence-electron chi connectivity index (χ2n) is 6.27. The molecule has 0 aliphatic carbocycles. The molecule has 0 aliphatic heterocycles. The van der Waals surface area contributed by atoms with E-state index in [9.17, 15) is 4.79 Å². The molecule has 0 fully saturated rings. The van der Waals surface area contributed by atoms with E-state index in [0.717, 1.165) is 15.9 Å². The van der Waals surface area contributed by atoms with Crippen molar-refractivity contribution in [3.8, 4) is 0 Å². The molecule has 0 saturated heterocycles. The van der Waals surface area contributed by atoms with Gasteiger partial charge in [0, 0.05) is 0 Å². The van der Waals surface area contributed by atoms with Crippen LogP contribution in [0.2, 0.25) is 0 Å². The minimum atomic E-state index is -3.42. The monoisotopic (exact) mass is 350 g/mol. The van der Waals surface area contributed by atoms with Crippen LogP contribution in [0.25, 0.3) is 0 Å². The van der Waals surface area contributed by atoms with Crippen molar-refractivity contribution in [1.29, 1.82) is 0 Å². The number of hydrogen-bond acceptors (Lipinski definition) is 2. The summed E-state index contributed by atoms with van der Waals surface area (Å²) in [6.45, 7) is 0.898. The Morgan fingerprint density at radius 1 is 0.720 bits per heavy atom. The average Bonchev–Trinajstić information content (AvgIpc) is 2.69. The second-order valence-corrected chi connectivity index (χ2v) is 11.3. The molecule has 0 spiro atoms. The van der Waals surface area contributed by atoms with Crippen molar-refractivity contribution in [2.75, 3.05) is 13.3 Å². The van der Waals surface area contributed by atoms with Crippen LogP contribution >= 0.6 is 6.60 Å². The van der Waals surface area contributed by atoms with Crippen LogP contribution < -0.4 is 15.9 Å². The zero-order valence-electron chi connectivity index (χ0n) is 14.6. The van der Waals surface area contributed by atoms with Crippen LogP contribution in [0.3, 0.4) is 0 Å². The van der Waals surface area contributed by atoms with Crippen molar-refractivity contribution >= 4 is 28.2 Å². The van der Waals surface area contributed by atoms with Gasteiger partial charge in [-0.3, -0.25) is 0 Å². The van der Waals surface area contributed by atoms with Crippen molar-refractivity contribution in [1.82, 2.24) is 0 Å². The van der Waals surface area contributed by atoms with Gasteiger partial charge in [-0.2, -0.15) is 0 Å². The van der Waals surface area contributed by atoms with Crippen LogP contribution in [0.5, 0.6) is 0 Å². The third kappa shape index (κ3) is 2.58. The van der Waals surface area contributed by atoms with Gasteiger partial charge in [-0.25, -0.2) is 0 Å². The summed E-state index contributed by atoms with van der Waals surface area (Å²) in [5, 5.41) is 3.05. The van der Waals surface area contributed by atoms with Gasteiger partial charge in [-0.05, 0) is 0 Å². The van der Waals surface area contributed by atoms with Gasteiger partial charge in [-0.1, -0.05) is 0 Å². The minimum absolute atomic E-state index is 0.142. The van der Waals surface area contributed by atoms with E-state index in [-0.39, 0.29) is 5.71 Å². The summed E-state index contributed by atoms with van der Waals surface area (Å²) in [5.74, 6) is 0. The Morgan fingerprint density at radius 3 is 1.32 bits per heavy atom. The zero-order chi connectivity index (χ0) is 17.8. The van der Waals surface area contributed by atoms with Crippen LogP contribution in [0.1, 0.15) is 6.92 Å². The number of hydrogen-bond donors (Lipinski definition) is 0. The van der Waals surface area contributed by atoms with Crippen molar-refractivity contribution < 1.29 is 9.53 Å². The van der Waals surface area contributed by atoms with Crippen molar-refractivity contribution in [3.63, 3.8) is 0 Å². The number of rotatable bonds is 5. The molecule has 0 unspecified atom stereocenters. The van der Waals surface area contributed by atoms with Crippen LogP contribution in [0.15, 0.2) is 91.0 Å². The molecule has 3 aromatic carbocycles. The van der Waals surface area contributed by atoms with E-state index >= 15 is 0 Å². The standard InChI is InChI=1S/C22H23O2P/c1-3-24-22(23)25(2,19-13-7-4-8-14-19,20-15-9-5-10-16-20)21-17-11-6-12-18-21/h4-18H,3H2,1-2H3. The zero-order valence-corrected chi connectivity index (χ0v) is 15.5. The third-order valence-electron chi connectivity index (χ3n) is 4.93. The Morgan fingerprint density at radius 2 is 1.04 bits per heavy atom. The van der Waals surface area contributed by atoms with Crippen LogP contribution in [-0.2, 0) is 4.74 Å². The maximum atomic E-state index is 13.6. The summed E-state index contributed by atoms with van der Waals surface area (Å²) in [7, 11) is 0. The maximum absolute atomic E-state index is 13.6. The summed E-state index contributed by atoms with van der Waals surface area (Å²) >= 11 is 0. The molecular formula is C22H23O2P. The summed E-state index contributed by atoms with van der Waals surface area (Å²) in [6.07, 6.45) is 0. The van der Waals surface area contributed by atoms with E-state index < -0.39 is 6.60 Å². The van der Waals surface area contributed by atoms with Crippen molar-refractivity contribution in [3.05, 3.63) is 91.0 Å². The fourth-order valence-corrected chi connectivity index (χ4v) is 8.18. The van der Waals surface area contributed by atoms with Crippen LogP contribution in [0, 0.1) is 0 Å². The molecule has 0 saturated carbocycles. The fraction of sp³-hybridized carbons (Fsp3) is 0.136. The van der Waals surface area contributed by atoms with E-state index in [4.69, 9.17) is 4.74 Å². The molecule has 0 heterocycles. The molecule has 25 heavy (non-hydrogen) atoms. The Balaban J connectivity index is 2.47. The van der Waals surface area contributed by atoms with Gasteiger partial charge in [0.15, 0.2) is 0 Å². The first kappa shape index (κ1) is 17.4. The van der Waals surface area contributed by atoms with E-state index in [1.54, 1.807) is 0 Å². The number of carbonyl (C=O) groups is 1. The molecule has 0 radical (unpaired) electrons. The number of ether oxygens (including phenoxy) is 1. The molecule has 0 bridgehead atoms. The normalized spacial score (nSPS) is 12.8. The Kier molecular flexibility index (Phi) is 4.74. The predicted octanol–water partition coefficient (Wildman–Crippen LogP) is 4.30. The van der Waals surface area contributed by atoms with Gasteiger partial charge in [0.1, 0.15) is 0 Å². The molecular weight excluding hydrogens is 327 g/mol. The van der Waals surface area contributed by atoms with Gasteiger partial charge in [0.2, 0.25) is 0 Å². The van der Waals surface area contributed by atoms with Gasteiger partial charge in [-0.15, -0.1) is 0 Å². The molecule has 0 amide bonds. The summed E-state index contributed by atoms with van der Waals surface area (Å²) in [6, 6.07) is 30.2. The predicted molar refractivity (Wildman–Crippen MR) is 108 cm³/mol. The van der Waals surface area contributed by atoms with Gasteiger partial charge < -0.3 is 0 Å². The molecule has 0 atom stereocenters. The van der Waals surface area contributed by atoms with E-state index in [2.05, 4.69) is 43.1 Å². The Hall–Kier alpha value is -2.44. The molecule has 128 valence electrons. The molecule has 3 aromatic rings. The molecule has 2 nitrogen and oxygen atoms in total. The number of benzene rings is 3. The fourth-order valence-electron chi connectivity index (χ4n) is 3.45. The molecule has 3 heteroatoms. The summed E-state index contributed by atoms with van der Waals surface area (Å²) in [5.41, 5.74) is -0.142. The molecule has 0 N–H and O–H groups in total. The van der Waals surface area contributed by atoms with Gasteiger partial charge >= 0.3 is 149 Å².